The van der Waals surface area contributed by atoms with Crippen molar-refractivity contribution in [3.05, 3.63) is 47.5 Å². The molecule has 0 saturated carbocycles. The van der Waals surface area contributed by atoms with E-state index in [1.54, 1.807) is 31.4 Å². The average Bonchev–Trinajstić information content (AvgIpc) is 3.33. The topological polar surface area (TPSA) is 89.1 Å². The van der Waals surface area contributed by atoms with Gasteiger partial charge < -0.3 is 29.7 Å². The quantitative estimate of drug-likeness (QED) is 0.598. The molecule has 0 aliphatic carbocycles. The summed E-state index contributed by atoms with van der Waals surface area (Å²) < 4.78 is 15.5. The number of nitrogens with zero attached hydrogens (tertiary/aromatic N) is 1. The predicted molar refractivity (Wildman–Crippen MR) is 120 cm³/mol. The van der Waals surface area contributed by atoms with Crippen molar-refractivity contribution in [2.75, 3.05) is 57.8 Å². The Morgan fingerprint density at radius 1 is 0.935 bits per heavy atom. The van der Waals surface area contributed by atoms with Crippen molar-refractivity contribution in [1.29, 1.82) is 0 Å². The SMILES string of the molecule is COCCNC(=O)c1cc(NC(=O)c2cc(OC)cc(OC)c2)ccc1N1CCCC1. The van der Waals surface area contributed by atoms with Crippen LogP contribution in [0.15, 0.2) is 36.4 Å². The van der Waals surface area contributed by atoms with Crippen LogP contribution in [0.3, 0.4) is 0 Å². The van der Waals surface area contributed by atoms with Crippen molar-refractivity contribution in [2.45, 2.75) is 12.8 Å². The Labute approximate surface area is 182 Å². The maximum absolute atomic E-state index is 12.8. The van der Waals surface area contributed by atoms with Crippen LogP contribution in [-0.4, -0.2) is 59.4 Å². The van der Waals surface area contributed by atoms with E-state index in [-0.39, 0.29) is 11.8 Å². The summed E-state index contributed by atoms with van der Waals surface area (Å²) in [6.07, 6.45) is 2.20. The van der Waals surface area contributed by atoms with Gasteiger partial charge in [-0.1, -0.05) is 0 Å². The Balaban J connectivity index is 1.85. The van der Waals surface area contributed by atoms with Crippen LogP contribution < -0.4 is 25.0 Å². The summed E-state index contributed by atoms with van der Waals surface area (Å²) in [5.74, 6) is 0.522. The molecule has 8 nitrogen and oxygen atoms in total. The highest BCUT2D eigenvalue weighted by Gasteiger charge is 2.21. The molecule has 0 aromatic heterocycles. The lowest BCUT2D eigenvalue weighted by Crippen LogP contribution is -2.30. The lowest BCUT2D eigenvalue weighted by atomic mass is 10.1. The van der Waals surface area contributed by atoms with Crippen LogP contribution in [0.2, 0.25) is 0 Å². The first-order valence-electron chi connectivity index (χ1n) is 10.3. The monoisotopic (exact) mass is 427 g/mol. The first kappa shape index (κ1) is 22.4. The first-order chi connectivity index (χ1) is 15.0. The van der Waals surface area contributed by atoms with E-state index in [0.717, 1.165) is 31.6 Å². The summed E-state index contributed by atoms with van der Waals surface area (Å²) in [6, 6.07) is 10.4. The zero-order chi connectivity index (χ0) is 22.2. The van der Waals surface area contributed by atoms with Crippen LogP contribution in [0, 0.1) is 0 Å². The molecular formula is C23H29N3O5. The normalized spacial score (nSPS) is 13.1. The van der Waals surface area contributed by atoms with E-state index in [1.165, 1.54) is 14.2 Å². The standard InChI is InChI=1S/C23H29N3O5/c1-29-11-8-24-23(28)20-14-17(6-7-21(20)26-9-4-5-10-26)25-22(27)16-12-18(30-2)15-19(13-16)31-3/h6-7,12-15H,4-5,8-11H2,1-3H3,(H,24,28)(H,25,27). The summed E-state index contributed by atoms with van der Waals surface area (Å²) in [7, 11) is 4.65. The molecule has 2 aromatic rings. The Kier molecular flexibility index (Phi) is 7.72. The molecule has 166 valence electrons. The summed E-state index contributed by atoms with van der Waals surface area (Å²) in [6.45, 7) is 2.66. The van der Waals surface area contributed by atoms with Gasteiger partial charge in [-0.15, -0.1) is 0 Å². The second-order valence-electron chi connectivity index (χ2n) is 7.23. The van der Waals surface area contributed by atoms with Crippen LogP contribution in [0.1, 0.15) is 33.6 Å². The van der Waals surface area contributed by atoms with Crippen LogP contribution in [0.4, 0.5) is 11.4 Å². The van der Waals surface area contributed by atoms with E-state index in [0.29, 0.717) is 41.5 Å². The molecule has 1 heterocycles. The zero-order valence-electron chi connectivity index (χ0n) is 18.2. The molecule has 2 N–H and O–H groups in total. The van der Waals surface area contributed by atoms with Crippen LogP contribution in [-0.2, 0) is 4.74 Å². The lowest BCUT2D eigenvalue weighted by Gasteiger charge is -2.22. The minimum atomic E-state index is -0.322. The fourth-order valence-corrected chi connectivity index (χ4v) is 3.53. The number of carbonyl (C=O) groups is 2. The molecule has 0 unspecified atom stereocenters. The molecule has 0 bridgehead atoms. The highest BCUT2D eigenvalue weighted by molar-refractivity contribution is 6.06. The number of hydrogen-bond acceptors (Lipinski definition) is 6. The van der Waals surface area contributed by atoms with Crippen molar-refractivity contribution in [2.24, 2.45) is 0 Å². The number of benzene rings is 2. The van der Waals surface area contributed by atoms with Crippen LogP contribution in [0.25, 0.3) is 0 Å². The van der Waals surface area contributed by atoms with Gasteiger partial charge in [0.15, 0.2) is 0 Å². The molecule has 1 fully saturated rings. The maximum Gasteiger partial charge on any atom is 0.255 e. The number of carbonyl (C=O) groups excluding carboxylic acids is 2. The molecule has 2 aromatic carbocycles. The summed E-state index contributed by atoms with van der Waals surface area (Å²) in [4.78, 5) is 27.9. The Hall–Kier alpha value is -3.26. The van der Waals surface area contributed by atoms with E-state index in [4.69, 9.17) is 14.2 Å². The summed E-state index contributed by atoms with van der Waals surface area (Å²) in [5, 5.41) is 5.74. The third kappa shape index (κ3) is 5.67. The second-order valence-corrected chi connectivity index (χ2v) is 7.23. The largest absolute Gasteiger partial charge is 0.497 e. The van der Waals surface area contributed by atoms with Crippen LogP contribution >= 0.6 is 0 Å². The molecule has 0 atom stereocenters. The van der Waals surface area contributed by atoms with Gasteiger partial charge in [-0.2, -0.15) is 0 Å². The third-order valence-electron chi connectivity index (χ3n) is 5.15. The van der Waals surface area contributed by atoms with E-state index >= 15 is 0 Å². The Morgan fingerprint density at radius 3 is 2.23 bits per heavy atom. The smallest absolute Gasteiger partial charge is 0.255 e. The third-order valence-corrected chi connectivity index (χ3v) is 5.15. The van der Waals surface area contributed by atoms with Gasteiger partial charge in [-0.05, 0) is 43.2 Å². The minimum absolute atomic E-state index is 0.196. The Morgan fingerprint density at radius 2 is 1.61 bits per heavy atom. The molecule has 2 amide bonds. The van der Waals surface area contributed by atoms with Gasteiger partial charge in [-0.3, -0.25) is 9.59 Å². The van der Waals surface area contributed by atoms with Gasteiger partial charge in [-0.25, -0.2) is 0 Å². The molecule has 0 spiro atoms. The van der Waals surface area contributed by atoms with Crippen molar-refractivity contribution in [3.8, 4) is 11.5 Å². The average molecular weight is 428 g/mol. The maximum atomic E-state index is 12.8. The fraction of sp³-hybridized carbons (Fsp3) is 0.391. The van der Waals surface area contributed by atoms with Crippen molar-refractivity contribution < 1.29 is 23.8 Å². The summed E-state index contributed by atoms with van der Waals surface area (Å²) in [5.41, 5.74) is 2.32. The summed E-state index contributed by atoms with van der Waals surface area (Å²) >= 11 is 0. The highest BCUT2D eigenvalue weighted by Crippen LogP contribution is 2.28. The molecule has 1 aliphatic heterocycles. The van der Waals surface area contributed by atoms with Crippen LogP contribution in [0.5, 0.6) is 11.5 Å². The molecule has 3 rings (SSSR count). The van der Waals surface area contributed by atoms with Gasteiger partial charge in [0.25, 0.3) is 11.8 Å². The molecular weight excluding hydrogens is 398 g/mol. The van der Waals surface area contributed by atoms with Crippen molar-refractivity contribution >= 4 is 23.2 Å². The minimum Gasteiger partial charge on any atom is -0.497 e. The predicted octanol–water partition coefficient (Wildman–Crippen LogP) is 2.93. The number of amides is 2. The van der Waals surface area contributed by atoms with Crippen molar-refractivity contribution in [1.82, 2.24) is 5.32 Å². The number of rotatable bonds is 9. The van der Waals surface area contributed by atoms with Gasteiger partial charge in [0.05, 0.1) is 26.4 Å². The molecule has 1 aliphatic rings. The Bertz CT molecular complexity index is 903. The number of ether oxygens (including phenoxy) is 3. The van der Waals surface area contributed by atoms with Crippen molar-refractivity contribution in [3.63, 3.8) is 0 Å². The van der Waals surface area contributed by atoms with E-state index in [2.05, 4.69) is 15.5 Å². The zero-order valence-corrected chi connectivity index (χ0v) is 18.2. The highest BCUT2D eigenvalue weighted by atomic mass is 16.5. The molecule has 1 saturated heterocycles. The number of methoxy groups -OCH3 is 3. The fourth-order valence-electron chi connectivity index (χ4n) is 3.53. The van der Waals surface area contributed by atoms with E-state index in [1.807, 2.05) is 12.1 Å². The second kappa shape index (κ2) is 10.7. The van der Waals surface area contributed by atoms with E-state index in [9.17, 15) is 9.59 Å². The molecule has 0 radical (unpaired) electrons. The van der Waals surface area contributed by atoms with Gasteiger partial charge in [0.2, 0.25) is 0 Å². The number of nitrogens with one attached hydrogen (secondary N) is 2. The van der Waals surface area contributed by atoms with Gasteiger partial charge >= 0.3 is 0 Å². The van der Waals surface area contributed by atoms with Gasteiger partial charge in [0, 0.05) is 49.7 Å². The number of hydrogen-bond donors (Lipinski definition) is 2. The lowest BCUT2D eigenvalue weighted by molar-refractivity contribution is 0.0936. The molecule has 31 heavy (non-hydrogen) atoms. The number of anilines is 2. The first-order valence-corrected chi connectivity index (χ1v) is 10.3. The van der Waals surface area contributed by atoms with E-state index < -0.39 is 0 Å². The molecule has 8 heteroatoms. The van der Waals surface area contributed by atoms with Gasteiger partial charge in [0.1, 0.15) is 11.5 Å².